The van der Waals surface area contributed by atoms with Crippen LogP contribution in [-0.2, 0) is 0 Å². The molecule has 0 saturated heterocycles. The SMILES string of the molecule is COc1cc(C(O)c2ccc(F)cc2Cl)c(OC)cc1Br. The Labute approximate surface area is 135 Å². The molecule has 2 aromatic rings. The molecule has 0 aliphatic rings. The lowest BCUT2D eigenvalue weighted by Gasteiger charge is -2.18. The van der Waals surface area contributed by atoms with Crippen LogP contribution in [0.2, 0.25) is 5.02 Å². The maximum Gasteiger partial charge on any atom is 0.133 e. The first-order valence-corrected chi connectivity index (χ1v) is 7.19. The normalized spacial score (nSPS) is 12.1. The second-order valence-electron chi connectivity index (χ2n) is 4.30. The minimum Gasteiger partial charge on any atom is -0.496 e. The van der Waals surface area contributed by atoms with E-state index >= 15 is 0 Å². The molecule has 0 spiro atoms. The summed E-state index contributed by atoms with van der Waals surface area (Å²) in [6.07, 6.45) is -1.06. The van der Waals surface area contributed by atoms with Crippen molar-refractivity contribution in [2.75, 3.05) is 14.2 Å². The van der Waals surface area contributed by atoms with Crippen LogP contribution >= 0.6 is 27.5 Å². The maximum atomic E-state index is 13.1. The van der Waals surface area contributed by atoms with Crippen LogP contribution in [0.3, 0.4) is 0 Å². The van der Waals surface area contributed by atoms with Crippen molar-refractivity contribution in [3.63, 3.8) is 0 Å². The molecule has 21 heavy (non-hydrogen) atoms. The molecule has 0 fully saturated rings. The van der Waals surface area contributed by atoms with Gasteiger partial charge >= 0.3 is 0 Å². The minimum atomic E-state index is -1.06. The molecule has 6 heteroatoms. The van der Waals surface area contributed by atoms with Crippen LogP contribution in [0.25, 0.3) is 0 Å². The quantitative estimate of drug-likeness (QED) is 0.864. The number of hydrogen-bond acceptors (Lipinski definition) is 3. The maximum absolute atomic E-state index is 13.1. The third-order valence-electron chi connectivity index (χ3n) is 3.06. The summed E-state index contributed by atoms with van der Waals surface area (Å²) >= 11 is 9.34. The first kappa shape index (κ1) is 16.1. The van der Waals surface area contributed by atoms with E-state index in [1.54, 1.807) is 12.1 Å². The van der Waals surface area contributed by atoms with Gasteiger partial charge < -0.3 is 14.6 Å². The Morgan fingerprint density at radius 3 is 2.33 bits per heavy atom. The minimum absolute atomic E-state index is 0.145. The van der Waals surface area contributed by atoms with Gasteiger partial charge in [-0.1, -0.05) is 17.7 Å². The lowest BCUT2D eigenvalue weighted by Crippen LogP contribution is -2.04. The molecule has 1 N–H and O–H groups in total. The van der Waals surface area contributed by atoms with Crippen molar-refractivity contribution in [1.29, 1.82) is 0 Å². The predicted octanol–water partition coefficient (Wildman–Crippen LogP) is 4.34. The molecule has 0 amide bonds. The Morgan fingerprint density at radius 2 is 1.76 bits per heavy atom. The zero-order valence-corrected chi connectivity index (χ0v) is 13.7. The fraction of sp³-hybridized carbons (Fsp3) is 0.200. The zero-order valence-electron chi connectivity index (χ0n) is 11.4. The lowest BCUT2D eigenvalue weighted by atomic mass is 10.00. The highest BCUT2D eigenvalue weighted by molar-refractivity contribution is 9.10. The van der Waals surface area contributed by atoms with Gasteiger partial charge in [-0.05, 0) is 40.2 Å². The molecule has 0 saturated carbocycles. The highest BCUT2D eigenvalue weighted by Crippen LogP contribution is 2.39. The average Bonchev–Trinajstić information content (AvgIpc) is 2.46. The number of benzene rings is 2. The molecule has 0 aliphatic carbocycles. The van der Waals surface area contributed by atoms with Crippen LogP contribution in [-0.4, -0.2) is 19.3 Å². The lowest BCUT2D eigenvalue weighted by molar-refractivity contribution is 0.214. The monoisotopic (exact) mass is 374 g/mol. The van der Waals surface area contributed by atoms with Gasteiger partial charge in [-0.3, -0.25) is 0 Å². The van der Waals surface area contributed by atoms with E-state index in [9.17, 15) is 9.50 Å². The van der Waals surface area contributed by atoms with E-state index in [4.69, 9.17) is 21.1 Å². The number of aliphatic hydroxyl groups is 1. The van der Waals surface area contributed by atoms with E-state index in [2.05, 4.69) is 15.9 Å². The van der Waals surface area contributed by atoms with E-state index in [1.807, 2.05) is 0 Å². The van der Waals surface area contributed by atoms with Crippen molar-refractivity contribution < 1.29 is 19.0 Å². The van der Waals surface area contributed by atoms with E-state index < -0.39 is 11.9 Å². The number of halogens is 3. The standard InChI is InChI=1S/C15H13BrClFO3/c1-20-13-7-11(16)14(21-2)6-10(13)15(19)9-4-3-8(18)5-12(9)17/h3-7,15,19H,1-2H3. The number of methoxy groups -OCH3 is 2. The summed E-state index contributed by atoms with van der Waals surface area (Å²) in [6, 6.07) is 7.17. The molecule has 2 rings (SSSR count). The van der Waals surface area contributed by atoms with Crippen molar-refractivity contribution in [2.24, 2.45) is 0 Å². The summed E-state index contributed by atoms with van der Waals surface area (Å²) in [4.78, 5) is 0. The van der Waals surface area contributed by atoms with Crippen LogP contribution in [0.15, 0.2) is 34.8 Å². The van der Waals surface area contributed by atoms with Crippen LogP contribution in [0.1, 0.15) is 17.2 Å². The Morgan fingerprint density at radius 1 is 1.10 bits per heavy atom. The Bertz CT molecular complexity index is 664. The van der Waals surface area contributed by atoms with Crippen LogP contribution in [0, 0.1) is 5.82 Å². The smallest absolute Gasteiger partial charge is 0.133 e. The third kappa shape index (κ3) is 3.31. The fourth-order valence-electron chi connectivity index (χ4n) is 1.99. The molecule has 0 radical (unpaired) electrons. The Balaban J connectivity index is 2.53. The zero-order chi connectivity index (χ0) is 15.6. The fourth-order valence-corrected chi connectivity index (χ4v) is 2.74. The summed E-state index contributed by atoms with van der Waals surface area (Å²) in [7, 11) is 3.02. The predicted molar refractivity (Wildman–Crippen MR) is 82.7 cm³/mol. The molecular formula is C15H13BrClFO3. The van der Waals surface area contributed by atoms with Crippen molar-refractivity contribution in [1.82, 2.24) is 0 Å². The van der Waals surface area contributed by atoms with Gasteiger partial charge in [0.2, 0.25) is 0 Å². The van der Waals surface area contributed by atoms with Gasteiger partial charge in [0, 0.05) is 16.1 Å². The van der Waals surface area contributed by atoms with Crippen molar-refractivity contribution >= 4 is 27.5 Å². The van der Waals surface area contributed by atoms with E-state index in [0.717, 1.165) is 6.07 Å². The van der Waals surface area contributed by atoms with E-state index in [0.29, 0.717) is 27.1 Å². The summed E-state index contributed by atoms with van der Waals surface area (Å²) < 4.78 is 24.3. The molecule has 112 valence electrons. The molecule has 1 atom stereocenters. The van der Waals surface area contributed by atoms with Crippen LogP contribution in [0.5, 0.6) is 11.5 Å². The summed E-state index contributed by atoms with van der Waals surface area (Å²) in [6.45, 7) is 0. The summed E-state index contributed by atoms with van der Waals surface area (Å²) in [5.74, 6) is 0.551. The molecule has 2 aromatic carbocycles. The highest BCUT2D eigenvalue weighted by atomic mass is 79.9. The van der Waals surface area contributed by atoms with Gasteiger partial charge in [-0.15, -0.1) is 0 Å². The van der Waals surface area contributed by atoms with Gasteiger partial charge in [0.25, 0.3) is 0 Å². The molecule has 0 bridgehead atoms. The first-order chi connectivity index (χ1) is 9.97. The van der Waals surface area contributed by atoms with Gasteiger partial charge in [0.05, 0.1) is 18.7 Å². The molecule has 1 unspecified atom stereocenters. The second kappa shape index (κ2) is 6.64. The van der Waals surface area contributed by atoms with Gasteiger partial charge in [-0.25, -0.2) is 4.39 Å². The van der Waals surface area contributed by atoms with Gasteiger partial charge in [-0.2, -0.15) is 0 Å². The molecule has 3 nitrogen and oxygen atoms in total. The van der Waals surface area contributed by atoms with Crippen molar-refractivity contribution in [3.05, 3.63) is 56.8 Å². The van der Waals surface area contributed by atoms with Crippen LogP contribution < -0.4 is 9.47 Å². The summed E-state index contributed by atoms with van der Waals surface area (Å²) in [5, 5.41) is 10.7. The van der Waals surface area contributed by atoms with Gasteiger partial charge in [0.1, 0.15) is 23.4 Å². The average molecular weight is 376 g/mol. The number of rotatable bonds is 4. The molecule has 0 aromatic heterocycles. The number of hydrogen-bond donors (Lipinski definition) is 1. The van der Waals surface area contributed by atoms with Gasteiger partial charge in [0.15, 0.2) is 0 Å². The third-order valence-corrected chi connectivity index (χ3v) is 4.00. The summed E-state index contributed by atoms with van der Waals surface area (Å²) in [5.41, 5.74) is 0.867. The Kier molecular flexibility index (Phi) is 5.08. The van der Waals surface area contributed by atoms with Crippen LogP contribution in [0.4, 0.5) is 4.39 Å². The first-order valence-electron chi connectivity index (χ1n) is 6.02. The number of ether oxygens (including phenoxy) is 2. The molecule has 0 aliphatic heterocycles. The van der Waals surface area contributed by atoms with Crippen molar-refractivity contribution in [2.45, 2.75) is 6.10 Å². The van der Waals surface area contributed by atoms with E-state index in [-0.39, 0.29) is 5.02 Å². The molecular weight excluding hydrogens is 363 g/mol. The van der Waals surface area contributed by atoms with Crippen molar-refractivity contribution in [3.8, 4) is 11.5 Å². The second-order valence-corrected chi connectivity index (χ2v) is 5.56. The largest absolute Gasteiger partial charge is 0.496 e. The highest BCUT2D eigenvalue weighted by Gasteiger charge is 2.20. The molecule has 0 heterocycles. The van der Waals surface area contributed by atoms with E-state index in [1.165, 1.54) is 26.4 Å². The topological polar surface area (TPSA) is 38.7 Å². The number of aliphatic hydroxyl groups excluding tert-OH is 1. The Hall–Kier alpha value is -1.30.